The quantitative estimate of drug-likeness (QED) is 0.482. The van der Waals surface area contributed by atoms with Gasteiger partial charge in [0.1, 0.15) is 0 Å². The molecule has 6 heteroatoms. The molecule has 0 unspecified atom stereocenters. The number of carbonyl (C=O) groups excluding carboxylic acids is 2. The van der Waals surface area contributed by atoms with Gasteiger partial charge in [-0.25, -0.2) is 9.59 Å². The Morgan fingerprint density at radius 2 is 1.90 bits per heavy atom. The molecule has 2 rings (SSSR count). The first-order valence-corrected chi connectivity index (χ1v) is 6.59. The van der Waals surface area contributed by atoms with Crippen molar-refractivity contribution in [1.29, 1.82) is 0 Å². The van der Waals surface area contributed by atoms with Crippen LogP contribution in [0, 0.1) is 0 Å². The summed E-state index contributed by atoms with van der Waals surface area (Å²) >= 11 is 0. The summed E-state index contributed by atoms with van der Waals surface area (Å²) in [5.41, 5.74) is 1.15. The van der Waals surface area contributed by atoms with E-state index in [-0.39, 0.29) is 18.5 Å². The Balaban J connectivity index is 1.91. The maximum Gasteiger partial charge on any atom is 0.516 e. The highest BCUT2D eigenvalue weighted by molar-refractivity contribution is 5.95. The number of esters is 1. The van der Waals surface area contributed by atoms with Crippen molar-refractivity contribution >= 4 is 18.2 Å². The first-order valence-electron chi connectivity index (χ1n) is 6.59. The zero-order valence-corrected chi connectivity index (χ0v) is 11.6. The fourth-order valence-electron chi connectivity index (χ4n) is 1.69. The van der Waals surface area contributed by atoms with E-state index < -0.39 is 12.1 Å². The minimum absolute atomic E-state index is 0.154. The number of hydrogen-bond donors (Lipinski definition) is 0. The molecule has 6 nitrogen and oxygen atoms in total. The zero-order valence-electron chi connectivity index (χ0n) is 11.6. The molecular formula is C15H16O6. The molecule has 0 aromatic heterocycles. The molecule has 0 atom stereocenters. The molecule has 1 saturated heterocycles. The lowest BCUT2D eigenvalue weighted by Gasteiger charge is -2.04. The lowest BCUT2D eigenvalue weighted by atomic mass is 10.1. The molecule has 0 radical (unpaired) electrons. The number of hydrogen-bond acceptors (Lipinski definition) is 6. The maximum atomic E-state index is 11.6. The van der Waals surface area contributed by atoms with Crippen molar-refractivity contribution in [3.05, 3.63) is 41.5 Å². The molecule has 0 N–H and O–H groups in total. The standard InChI is InChI=1S/C15H16O6/c1-2-18-15(17)21-14(16)12-6-3-11(4-7-12)5-8-13-19-9-10-20-13/h3-8,13H,2,9-10H2,1H3/i13+1. The van der Waals surface area contributed by atoms with Crippen LogP contribution >= 0.6 is 0 Å². The Kier molecular flexibility index (Phi) is 5.48. The molecule has 0 spiro atoms. The van der Waals surface area contributed by atoms with Gasteiger partial charge in [0.25, 0.3) is 0 Å². The van der Waals surface area contributed by atoms with Gasteiger partial charge in [-0.3, -0.25) is 0 Å². The average molecular weight is 293 g/mol. The molecule has 21 heavy (non-hydrogen) atoms. The first-order chi connectivity index (χ1) is 10.2. The predicted molar refractivity (Wildman–Crippen MR) is 73.6 cm³/mol. The van der Waals surface area contributed by atoms with E-state index >= 15 is 0 Å². The highest BCUT2D eigenvalue weighted by Gasteiger charge is 2.14. The van der Waals surface area contributed by atoms with E-state index in [9.17, 15) is 9.59 Å². The van der Waals surface area contributed by atoms with Gasteiger partial charge in [-0.2, -0.15) is 0 Å². The Hall–Kier alpha value is -2.18. The second kappa shape index (κ2) is 7.56. The molecule has 1 fully saturated rings. The van der Waals surface area contributed by atoms with Gasteiger partial charge in [-0.05, 0) is 30.7 Å². The van der Waals surface area contributed by atoms with E-state index in [4.69, 9.17) is 9.47 Å². The van der Waals surface area contributed by atoms with Gasteiger partial charge in [0.15, 0.2) is 6.29 Å². The van der Waals surface area contributed by atoms with Crippen LogP contribution in [0.25, 0.3) is 6.08 Å². The summed E-state index contributed by atoms with van der Waals surface area (Å²) in [6.07, 6.45) is 2.30. The highest BCUT2D eigenvalue weighted by atomic mass is 16.8. The van der Waals surface area contributed by atoms with Gasteiger partial charge in [-0.15, -0.1) is 0 Å². The second-order valence-corrected chi connectivity index (χ2v) is 4.16. The molecule has 1 aromatic carbocycles. The van der Waals surface area contributed by atoms with Gasteiger partial charge in [0, 0.05) is 0 Å². The largest absolute Gasteiger partial charge is 0.516 e. The third-order valence-corrected chi connectivity index (χ3v) is 2.68. The Labute approximate surface area is 122 Å². The third kappa shape index (κ3) is 4.70. The van der Waals surface area contributed by atoms with E-state index in [1.165, 1.54) is 0 Å². The van der Waals surface area contributed by atoms with Gasteiger partial charge in [0.05, 0.1) is 25.4 Å². The summed E-state index contributed by atoms with van der Waals surface area (Å²) < 4.78 is 19.6. The van der Waals surface area contributed by atoms with E-state index in [2.05, 4.69) is 9.47 Å². The van der Waals surface area contributed by atoms with Crippen molar-refractivity contribution in [3.63, 3.8) is 0 Å². The molecule has 0 amide bonds. The number of rotatable bonds is 4. The van der Waals surface area contributed by atoms with Crippen LogP contribution in [0.4, 0.5) is 4.79 Å². The smallest absolute Gasteiger partial charge is 0.434 e. The summed E-state index contributed by atoms with van der Waals surface area (Å²) in [6, 6.07) is 6.59. The Bertz CT molecular complexity index is 513. The fraction of sp³-hybridized carbons (Fsp3) is 0.333. The summed E-state index contributed by atoms with van der Waals surface area (Å²) in [5.74, 6) is -0.744. The van der Waals surface area contributed by atoms with Crippen LogP contribution < -0.4 is 0 Å². The van der Waals surface area contributed by atoms with E-state index in [0.29, 0.717) is 13.2 Å². The Morgan fingerprint density at radius 3 is 2.52 bits per heavy atom. The third-order valence-electron chi connectivity index (χ3n) is 2.68. The number of ether oxygens (including phenoxy) is 4. The van der Waals surface area contributed by atoms with Gasteiger partial charge >= 0.3 is 12.1 Å². The molecule has 0 bridgehead atoms. The molecule has 1 heterocycles. The van der Waals surface area contributed by atoms with Gasteiger partial charge < -0.3 is 18.9 Å². The molecule has 0 aliphatic carbocycles. The molecule has 0 saturated carbocycles. The molecule has 1 aliphatic heterocycles. The van der Waals surface area contributed by atoms with Crippen LogP contribution in [0.5, 0.6) is 0 Å². The summed E-state index contributed by atoms with van der Waals surface area (Å²) in [5, 5.41) is 0. The second-order valence-electron chi connectivity index (χ2n) is 4.16. The van der Waals surface area contributed by atoms with Crippen molar-refractivity contribution in [2.45, 2.75) is 13.2 Å². The predicted octanol–water partition coefficient (Wildman–Crippen LogP) is 2.39. The maximum absolute atomic E-state index is 11.6. The number of benzene rings is 1. The fourth-order valence-corrected chi connectivity index (χ4v) is 1.69. The van der Waals surface area contributed by atoms with Crippen LogP contribution in [0.15, 0.2) is 30.3 Å². The van der Waals surface area contributed by atoms with Crippen molar-refractivity contribution in [3.8, 4) is 0 Å². The van der Waals surface area contributed by atoms with E-state index in [1.54, 1.807) is 37.3 Å². The van der Waals surface area contributed by atoms with Crippen molar-refractivity contribution in [2.75, 3.05) is 19.8 Å². The summed E-state index contributed by atoms with van der Waals surface area (Å²) in [6.45, 7) is 2.97. The van der Waals surface area contributed by atoms with Crippen LogP contribution in [0.3, 0.4) is 0 Å². The first kappa shape index (κ1) is 15.2. The zero-order chi connectivity index (χ0) is 15.1. The van der Waals surface area contributed by atoms with Gasteiger partial charge in [-0.1, -0.05) is 18.2 Å². The van der Waals surface area contributed by atoms with Crippen LogP contribution in [-0.2, 0) is 18.9 Å². The normalized spacial score (nSPS) is 15.3. The lowest BCUT2D eigenvalue weighted by molar-refractivity contribution is -0.000920. The van der Waals surface area contributed by atoms with Crippen LogP contribution in [0.1, 0.15) is 22.8 Å². The van der Waals surface area contributed by atoms with Crippen molar-refractivity contribution < 1.29 is 28.5 Å². The summed E-state index contributed by atoms with van der Waals surface area (Å²) in [7, 11) is 0. The molecule has 1 aromatic rings. The van der Waals surface area contributed by atoms with Crippen LogP contribution in [-0.4, -0.2) is 38.2 Å². The van der Waals surface area contributed by atoms with Crippen LogP contribution in [0.2, 0.25) is 0 Å². The van der Waals surface area contributed by atoms with Crippen molar-refractivity contribution in [1.82, 2.24) is 0 Å². The topological polar surface area (TPSA) is 71.1 Å². The summed E-state index contributed by atoms with van der Waals surface area (Å²) in [4.78, 5) is 22.7. The van der Waals surface area contributed by atoms with Crippen molar-refractivity contribution in [2.24, 2.45) is 0 Å². The monoisotopic (exact) mass is 293 g/mol. The minimum atomic E-state index is -0.998. The molecule has 112 valence electrons. The Morgan fingerprint density at radius 1 is 1.24 bits per heavy atom. The van der Waals surface area contributed by atoms with E-state index in [0.717, 1.165) is 5.56 Å². The number of carbonyl (C=O) groups is 2. The lowest BCUT2D eigenvalue weighted by Crippen LogP contribution is -2.13. The molecular weight excluding hydrogens is 277 g/mol. The molecule has 1 aliphatic rings. The van der Waals surface area contributed by atoms with E-state index in [1.807, 2.05) is 6.08 Å². The SMILES string of the molecule is CCOC(=O)OC(=O)c1ccc(C=C[13CH]2OCCO2)cc1. The minimum Gasteiger partial charge on any atom is -0.434 e. The van der Waals surface area contributed by atoms with Gasteiger partial charge in [0.2, 0.25) is 0 Å². The highest BCUT2D eigenvalue weighted by Crippen LogP contribution is 2.11. The average Bonchev–Trinajstić information content (AvgIpc) is 2.99.